The van der Waals surface area contributed by atoms with Gasteiger partial charge in [-0.25, -0.2) is 8.42 Å². The number of hydrogen-bond acceptors (Lipinski definition) is 5. The van der Waals surface area contributed by atoms with E-state index < -0.39 is 10.0 Å². The number of anilines is 1. The summed E-state index contributed by atoms with van der Waals surface area (Å²) in [4.78, 5) is 0. The summed E-state index contributed by atoms with van der Waals surface area (Å²) in [6, 6.07) is 9.60. The third-order valence-corrected chi connectivity index (χ3v) is 5.73. The molecule has 5 nitrogen and oxygen atoms in total. The van der Waals surface area contributed by atoms with Crippen molar-refractivity contribution in [1.82, 2.24) is 10.2 Å². The Balaban J connectivity index is 2.04. The lowest BCUT2D eigenvalue weighted by molar-refractivity contribution is 0.595. The van der Waals surface area contributed by atoms with E-state index in [2.05, 4.69) is 14.9 Å². The Kier molecular flexibility index (Phi) is 4.95. The maximum absolute atomic E-state index is 12.2. The van der Waals surface area contributed by atoms with Gasteiger partial charge in [0.1, 0.15) is 5.01 Å². The van der Waals surface area contributed by atoms with Gasteiger partial charge in [0.2, 0.25) is 15.2 Å². The summed E-state index contributed by atoms with van der Waals surface area (Å²) in [6.45, 7) is 5.89. The first-order valence-corrected chi connectivity index (χ1v) is 9.23. The highest BCUT2D eigenvalue weighted by atomic mass is 32.2. The monoisotopic (exact) mass is 325 g/mol. The minimum absolute atomic E-state index is 0.0214. The molecule has 1 aromatic heterocycles. The van der Waals surface area contributed by atoms with E-state index in [1.807, 2.05) is 51.1 Å². The maximum atomic E-state index is 12.2. The number of nitrogens with zero attached hydrogens (tertiary/aromatic N) is 2. The molecule has 114 valence electrons. The molecule has 0 aliphatic rings. The summed E-state index contributed by atoms with van der Waals surface area (Å²) >= 11 is 1.28. The molecule has 1 atom stereocenters. The largest absolute Gasteiger partial charge is 0.257 e. The molecule has 0 saturated heterocycles. The Hall–Kier alpha value is -1.47. The summed E-state index contributed by atoms with van der Waals surface area (Å²) in [5, 5.41) is 9.01. The summed E-state index contributed by atoms with van der Waals surface area (Å²) in [6.07, 6.45) is 0. The second kappa shape index (κ2) is 6.53. The Morgan fingerprint density at radius 2 is 1.81 bits per heavy atom. The molecule has 0 saturated carbocycles. The van der Waals surface area contributed by atoms with E-state index in [0.29, 0.717) is 5.13 Å². The fourth-order valence-corrected chi connectivity index (χ4v) is 4.28. The molecule has 2 aromatic rings. The molecule has 0 radical (unpaired) electrons. The molecule has 1 unspecified atom stereocenters. The van der Waals surface area contributed by atoms with E-state index in [0.717, 1.165) is 10.6 Å². The Labute approximate surface area is 129 Å². The molecule has 2 rings (SSSR count). The fraction of sp³-hybridized carbons (Fsp3) is 0.429. The number of nitrogens with one attached hydrogen (secondary N) is 1. The van der Waals surface area contributed by atoms with Gasteiger partial charge in [0.05, 0.1) is 5.75 Å². The zero-order chi connectivity index (χ0) is 15.5. The van der Waals surface area contributed by atoms with Crippen LogP contribution in [0, 0.1) is 0 Å². The van der Waals surface area contributed by atoms with Gasteiger partial charge in [-0.2, -0.15) is 0 Å². The van der Waals surface area contributed by atoms with Crippen molar-refractivity contribution >= 4 is 26.5 Å². The Morgan fingerprint density at radius 1 is 1.14 bits per heavy atom. The molecule has 0 aliphatic carbocycles. The van der Waals surface area contributed by atoms with Crippen molar-refractivity contribution in [1.29, 1.82) is 0 Å². The molecule has 21 heavy (non-hydrogen) atoms. The highest BCUT2D eigenvalue weighted by molar-refractivity contribution is 7.92. The van der Waals surface area contributed by atoms with Crippen LogP contribution in [-0.2, 0) is 10.0 Å². The molecule has 7 heteroatoms. The van der Waals surface area contributed by atoms with Crippen LogP contribution in [0.3, 0.4) is 0 Å². The molecule has 1 N–H and O–H groups in total. The first-order valence-electron chi connectivity index (χ1n) is 6.76. The van der Waals surface area contributed by atoms with Crippen LogP contribution >= 0.6 is 11.3 Å². The van der Waals surface area contributed by atoms with Crippen molar-refractivity contribution in [2.45, 2.75) is 32.6 Å². The second-order valence-corrected chi connectivity index (χ2v) is 8.07. The highest BCUT2D eigenvalue weighted by Gasteiger charge is 2.19. The number of sulfonamides is 1. The predicted octanol–water partition coefficient (Wildman–Crippen LogP) is 3.21. The zero-order valence-electron chi connectivity index (χ0n) is 12.3. The van der Waals surface area contributed by atoms with Crippen molar-refractivity contribution in [2.24, 2.45) is 0 Å². The van der Waals surface area contributed by atoms with E-state index >= 15 is 0 Å². The van der Waals surface area contributed by atoms with Gasteiger partial charge < -0.3 is 0 Å². The minimum atomic E-state index is -3.44. The lowest BCUT2D eigenvalue weighted by Crippen LogP contribution is -2.20. The molecule has 0 bridgehead atoms. The van der Waals surface area contributed by atoms with Crippen LogP contribution in [0.2, 0.25) is 0 Å². The Morgan fingerprint density at radius 3 is 2.38 bits per heavy atom. The maximum Gasteiger partial charge on any atom is 0.235 e. The predicted molar refractivity (Wildman–Crippen MR) is 86.3 cm³/mol. The number of benzene rings is 1. The van der Waals surface area contributed by atoms with Crippen LogP contribution in [0.25, 0.3) is 0 Å². The van der Waals surface area contributed by atoms with E-state index in [-0.39, 0.29) is 17.6 Å². The molecule has 0 fully saturated rings. The lowest BCUT2D eigenvalue weighted by Gasteiger charge is -2.12. The van der Waals surface area contributed by atoms with Crippen LogP contribution in [0.5, 0.6) is 0 Å². The van der Waals surface area contributed by atoms with Gasteiger partial charge in [0.15, 0.2) is 0 Å². The molecule has 0 aliphatic heterocycles. The van der Waals surface area contributed by atoms with Crippen molar-refractivity contribution < 1.29 is 8.42 Å². The average Bonchev–Trinajstić information content (AvgIpc) is 2.87. The third kappa shape index (κ3) is 4.50. The van der Waals surface area contributed by atoms with Gasteiger partial charge in [-0.15, -0.1) is 10.2 Å². The SMILES string of the molecule is CC(C)c1nnc(NS(=O)(=O)CC(C)c2ccccc2)s1. The zero-order valence-corrected chi connectivity index (χ0v) is 13.9. The van der Waals surface area contributed by atoms with Crippen molar-refractivity contribution in [3.63, 3.8) is 0 Å². The van der Waals surface area contributed by atoms with Gasteiger partial charge in [0.25, 0.3) is 0 Å². The first kappa shape index (κ1) is 15.9. The average molecular weight is 325 g/mol. The third-order valence-electron chi connectivity index (χ3n) is 3.02. The van der Waals surface area contributed by atoms with Crippen LogP contribution in [-0.4, -0.2) is 24.4 Å². The van der Waals surface area contributed by atoms with Gasteiger partial charge in [-0.3, -0.25) is 4.72 Å². The normalized spacial score (nSPS) is 13.3. The molecular formula is C14H19N3O2S2. The fourth-order valence-electron chi connectivity index (χ4n) is 1.89. The second-order valence-electron chi connectivity index (χ2n) is 5.30. The van der Waals surface area contributed by atoms with Crippen LogP contribution in [0.1, 0.15) is 43.2 Å². The summed E-state index contributed by atoms with van der Waals surface area (Å²) < 4.78 is 26.9. The summed E-state index contributed by atoms with van der Waals surface area (Å²) in [5.41, 5.74) is 1.00. The molecule has 1 aromatic carbocycles. The smallest absolute Gasteiger partial charge is 0.235 e. The van der Waals surface area contributed by atoms with Crippen LogP contribution < -0.4 is 4.72 Å². The Bertz CT molecular complexity index is 681. The number of rotatable bonds is 6. The molecular weight excluding hydrogens is 306 g/mol. The van der Waals surface area contributed by atoms with Crippen LogP contribution in [0.15, 0.2) is 30.3 Å². The topological polar surface area (TPSA) is 72.0 Å². The van der Waals surface area contributed by atoms with E-state index in [1.165, 1.54) is 11.3 Å². The molecule has 0 spiro atoms. The molecule has 0 amide bonds. The number of aromatic nitrogens is 2. The van der Waals surface area contributed by atoms with Gasteiger partial charge in [-0.1, -0.05) is 62.4 Å². The van der Waals surface area contributed by atoms with Crippen LogP contribution in [0.4, 0.5) is 5.13 Å². The first-order chi connectivity index (χ1) is 9.87. The van der Waals surface area contributed by atoms with Crippen molar-refractivity contribution in [2.75, 3.05) is 10.5 Å². The number of hydrogen-bond donors (Lipinski definition) is 1. The van der Waals surface area contributed by atoms with Gasteiger partial charge in [-0.05, 0) is 11.5 Å². The minimum Gasteiger partial charge on any atom is -0.257 e. The standard InChI is InChI=1S/C14H19N3O2S2/c1-10(2)13-15-16-14(20-13)17-21(18,19)9-11(3)12-7-5-4-6-8-12/h4-8,10-11H,9H2,1-3H3,(H,16,17). The molecule has 1 heterocycles. The van der Waals surface area contributed by atoms with E-state index in [1.54, 1.807) is 0 Å². The lowest BCUT2D eigenvalue weighted by atomic mass is 10.0. The van der Waals surface area contributed by atoms with E-state index in [9.17, 15) is 8.42 Å². The van der Waals surface area contributed by atoms with Gasteiger partial charge in [0, 0.05) is 5.92 Å². The van der Waals surface area contributed by atoms with Crippen molar-refractivity contribution in [3.8, 4) is 0 Å². The summed E-state index contributed by atoms with van der Waals surface area (Å²) in [7, 11) is -3.44. The summed E-state index contributed by atoms with van der Waals surface area (Å²) in [5.74, 6) is 0.179. The van der Waals surface area contributed by atoms with E-state index in [4.69, 9.17) is 0 Å². The van der Waals surface area contributed by atoms with Crippen molar-refractivity contribution in [3.05, 3.63) is 40.9 Å². The van der Waals surface area contributed by atoms with Gasteiger partial charge >= 0.3 is 0 Å². The highest BCUT2D eigenvalue weighted by Crippen LogP contribution is 2.24. The quantitative estimate of drug-likeness (QED) is 0.885.